The predicted molar refractivity (Wildman–Crippen MR) is 79.7 cm³/mol. The summed E-state index contributed by atoms with van der Waals surface area (Å²) in [7, 11) is 1.66. The summed E-state index contributed by atoms with van der Waals surface area (Å²) in [6, 6.07) is -0.454. The third kappa shape index (κ3) is 4.23. The van der Waals surface area contributed by atoms with Gasteiger partial charge < -0.3 is 15.3 Å². The third-order valence-electron chi connectivity index (χ3n) is 3.51. The van der Waals surface area contributed by atoms with Crippen LogP contribution in [0.15, 0.2) is 6.20 Å². The second-order valence-electron chi connectivity index (χ2n) is 5.62. The summed E-state index contributed by atoms with van der Waals surface area (Å²) in [6.45, 7) is 8.87. The second-order valence-corrected chi connectivity index (χ2v) is 5.62. The number of carbonyl (C=O) groups is 1. The SMILES string of the molecule is Cc1c(NC(=O)N(C)[C@H](C)CO)cnn1CCC(C)C. The number of hydrogen-bond donors (Lipinski definition) is 2. The average Bonchev–Trinajstić information content (AvgIpc) is 2.75. The number of anilines is 1. The Morgan fingerprint density at radius 2 is 2.15 bits per heavy atom. The van der Waals surface area contributed by atoms with E-state index in [9.17, 15) is 4.79 Å². The maximum Gasteiger partial charge on any atom is 0.322 e. The molecule has 1 rings (SSSR count). The summed E-state index contributed by atoms with van der Waals surface area (Å²) in [6.07, 6.45) is 2.72. The van der Waals surface area contributed by atoms with Gasteiger partial charge in [0.15, 0.2) is 0 Å². The van der Waals surface area contributed by atoms with Crippen molar-refractivity contribution in [3.05, 3.63) is 11.9 Å². The van der Waals surface area contributed by atoms with E-state index in [1.165, 1.54) is 4.90 Å². The standard InChI is InChI=1S/C14H26N4O2/c1-10(2)6-7-18-12(4)13(8-15-18)16-14(20)17(5)11(3)9-19/h8,10-11,19H,6-7,9H2,1-5H3,(H,16,20)/t11-/m1/s1. The van der Waals surface area contributed by atoms with Crippen LogP contribution in [0.25, 0.3) is 0 Å². The van der Waals surface area contributed by atoms with E-state index in [0.29, 0.717) is 5.92 Å². The quantitative estimate of drug-likeness (QED) is 0.839. The minimum absolute atomic E-state index is 0.0590. The van der Waals surface area contributed by atoms with Crippen molar-refractivity contribution >= 4 is 11.7 Å². The number of rotatable bonds is 6. The molecule has 1 aromatic rings. The lowest BCUT2D eigenvalue weighted by Crippen LogP contribution is -2.40. The fraction of sp³-hybridized carbons (Fsp3) is 0.714. The molecule has 1 aromatic heterocycles. The summed E-state index contributed by atoms with van der Waals surface area (Å²) in [5.41, 5.74) is 1.67. The molecule has 0 aromatic carbocycles. The number of amides is 2. The number of likely N-dealkylation sites (N-methyl/N-ethyl adjacent to an activating group) is 1. The van der Waals surface area contributed by atoms with Gasteiger partial charge in [-0.2, -0.15) is 5.10 Å². The molecule has 0 aliphatic carbocycles. The maximum atomic E-state index is 12.0. The molecular weight excluding hydrogens is 256 g/mol. The molecule has 0 fully saturated rings. The zero-order chi connectivity index (χ0) is 15.3. The van der Waals surface area contributed by atoms with Crippen LogP contribution in [0.3, 0.4) is 0 Å². The number of aliphatic hydroxyl groups is 1. The van der Waals surface area contributed by atoms with Crippen LogP contribution in [0.5, 0.6) is 0 Å². The van der Waals surface area contributed by atoms with E-state index in [-0.39, 0.29) is 18.7 Å². The van der Waals surface area contributed by atoms with Crippen molar-refractivity contribution in [3.8, 4) is 0 Å². The van der Waals surface area contributed by atoms with Gasteiger partial charge in [0.05, 0.1) is 30.2 Å². The number of aliphatic hydroxyl groups excluding tert-OH is 1. The molecule has 0 saturated heterocycles. The second kappa shape index (κ2) is 7.28. The summed E-state index contributed by atoms with van der Waals surface area (Å²) in [5, 5.41) is 16.2. The molecule has 20 heavy (non-hydrogen) atoms. The van der Waals surface area contributed by atoms with E-state index in [4.69, 9.17) is 5.11 Å². The first kappa shape index (κ1) is 16.5. The number of aryl methyl sites for hydroxylation is 1. The average molecular weight is 282 g/mol. The van der Waals surface area contributed by atoms with E-state index in [0.717, 1.165) is 24.3 Å². The molecule has 0 spiro atoms. The highest BCUT2D eigenvalue weighted by Crippen LogP contribution is 2.16. The van der Waals surface area contributed by atoms with E-state index >= 15 is 0 Å². The normalized spacial score (nSPS) is 12.6. The van der Waals surface area contributed by atoms with E-state index < -0.39 is 0 Å². The number of hydrogen-bond acceptors (Lipinski definition) is 3. The van der Waals surface area contributed by atoms with Crippen LogP contribution in [-0.4, -0.2) is 45.5 Å². The van der Waals surface area contributed by atoms with Gasteiger partial charge in [-0.3, -0.25) is 4.68 Å². The highest BCUT2D eigenvalue weighted by molar-refractivity contribution is 5.89. The Morgan fingerprint density at radius 3 is 2.70 bits per heavy atom. The lowest BCUT2D eigenvalue weighted by molar-refractivity contribution is 0.166. The number of aromatic nitrogens is 2. The van der Waals surface area contributed by atoms with E-state index in [1.807, 2.05) is 11.6 Å². The van der Waals surface area contributed by atoms with Crippen LogP contribution >= 0.6 is 0 Å². The Bertz CT molecular complexity index is 442. The zero-order valence-corrected chi connectivity index (χ0v) is 13.1. The van der Waals surface area contributed by atoms with Crippen molar-refractivity contribution in [1.29, 1.82) is 0 Å². The first-order valence-corrected chi connectivity index (χ1v) is 7.03. The molecule has 2 N–H and O–H groups in total. The first-order valence-electron chi connectivity index (χ1n) is 7.03. The minimum atomic E-state index is -0.238. The smallest absolute Gasteiger partial charge is 0.322 e. The van der Waals surface area contributed by atoms with Crippen molar-refractivity contribution in [3.63, 3.8) is 0 Å². The van der Waals surface area contributed by atoms with Crippen molar-refractivity contribution in [2.24, 2.45) is 5.92 Å². The largest absolute Gasteiger partial charge is 0.394 e. The Balaban J connectivity index is 2.67. The van der Waals surface area contributed by atoms with Gasteiger partial charge in [0.1, 0.15) is 0 Å². The molecule has 6 heteroatoms. The van der Waals surface area contributed by atoms with Gasteiger partial charge in [-0.15, -0.1) is 0 Å². The summed E-state index contributed by atoms with van der Waals surface area (Å²) in [5.74, 6) is 0.619. The van der Waals surface area contributed by atoms with Crippen LogP contribution in [0.4, 0.5) is 10.5 Å². The van der Waals surface area contributed by atoms with Gasteiger partial charge in [0, 0.05) is 13.6 Å². The predicted octanol–water partition coefficient (Wildman–Crippen LogP) is 2.08. The number of nitrogens with one attached hydrogen (secondary N) is 1. The fourth-order valence-electron chi connectivity index (χ4n) is 1.70. The van der Waals surface area contributed by atoms with Crippen LogP contribution in [-0.2, 0) is 6.54 Å². The molecule has 1 atom stereocenters. The van der Waals surface area contributed by atoms with Crippen molar-refractivity contribution in [1.82, 2.24) is 14.7 Å². The van der Waals surface area contributed by atoms with Gasteiger partial charge in [0.2, 0.25) is 0 Å². The molecule has 0 saturated carbocycles. The molecule has 6 nitrogen and oxygen atoms in total. The lowest BCUT2D eigenvalue weighted by atomic mass is 10.1. The Labute approximate surface area is 120 Å². The Hall–Kier alpha value is -1.56. The number of carbonyl (C=O) groups excluding carboxylic acids is 1. The fourth-order valence-corrected chi connectivity index (χ4v) is 1.70. The van der Waals surface area contributed by atoms with Crippen LogP contribution in [0.1, 0.15) is 32.9 Å². The molecular formula is C14H26N4O2. The number of nitrogens with zero attached hydrogens (tertiary/aromatic N) is 3. The van der Waals surface area contributed by atoms with Gasteiger partial charge in [0.25, 0.3) is 0 Å². The van der Waals surface area contributed by atoms with Gasteiger partial charge in [-0.05, 0) is 26.2 Å². The molecule has 0 aliphatic heterocycles. The summed E-state index contributed by atoms with van der Waals surface area (Å²) >= 11 is 0. The van der Waals surface area contributed by atoms with Crippen molar-refractivity contribution in [2.45, 2.75) is 46.7 Å². The van der Waals surface area contributed by atoms with Crippen LogP contribution in [0, 0.1) is 12.8 Å². The van der Waals surface area contributed by atoms with Crippen LogP contribution in [0.2, 0.25) is 0 Å². The zero-order valence-electron chi connectivity index (χ0n) is 13.1. The molecule has 2 amide bonds. The van der Waals surface area contributed by atoms with Crippen molar-refractivity contribution < 1.29 is 9.90 Å². The van der Waals surface area contributed by atoms with Gasteiger partial charge in [-0.1, -0.05) is 13.8 Å². The highest BCUT2D eigenvalue weighted by Gasteiger charge is 2.17. The van der Waals surface area contributed by atoms with E-state index in [1.54, 1.807) is 20.2 Å². The van der Waals surface area contributed by atoms with Crippen molar-refractivity contribution in [2.75, 3.05) is 19.0 Å². The maximum absolute atomic E-state index is 12.0. The molecule has 0 unspecified atom stereocenters. The number of urea groups is 1. The van der Waals surface area contributed by atoms with Gasteiger partial charge in [-0.25, -0.2) is 4.79 Å². The highest BCUT2D eigenvalue weighted by atomic mass is 16.3. The molecule has 1 heterocycles. The molecule has 0 aliphatic rings. The Morgan fingerprint density at radius 1 is 1.50 bits per heavy atom. The monoisotopic (exact) mass is 282 g/mol. The topological polar surface area (TPSA) is 70.4 Å². The van der Waals surface area contributed by atoms with Crippen LogP contribution < -0.4 is 5.32 Å². The van der Waals surface area contributed by atoms with E-state index in [2.05, 4.69) is 24.3 Å². The minimum Gasteiger partial charge on any atom is -0.394 e. The lowest BCUT2D eigenvalue weighted by Gasteiger charge is -2.23. The van der Waals surface area contributed by atoms with Gasteiger partial charge >= 0.3 is 6.03 Å². The first-order chi connectivity index (χ1) is 9.36. The molecule has 0 bridgehead atoms. The third-order valence-corrected chi connectivity index (χ3v) is 3.51. The summed E-state index contributed by atoms with van der Waals surface area (Å²) < 4.78 is 1.91. The summed E-state index contributed by atoms with van der Waals surface area (Å²) in [4.78, 5) is 13.5. The molecule has 0 radical (unpaired) electrons. The molecule has 114 valence electrons. The Kier molecular flexibility index (Phi) is 6.01.